The van der Waals surface area contributed by atoms with Gasteiger partial charge in [0, 0.05) is 24.8 Å². The van der Waals surface area contributed by atoms with Crippen LogP contribution in [0.3, 0.4) is 0 Å². The molecule has 0 saturated carbocycles. The highest BCUT2D eigenvalue weighted by atomic mass is 35.5. The molecule has 0 aromatic carbocycles. The molecule has 0 radical (unpaired) electrons. The topological polar surface area (TPSA) is 94.7 Å². The molecule has 1 aliphatic rings. The van der Waals surface area contributed by atoms with E-state index in [1.807, 2.05) is 0 Å². The molecule has 1 saturated heterocycles. The SMILES string of the molecule is CCOC(=O)c1[nH]c(C)c(Cl)c1C#CCNC1CCN(C(=O)O)CC1. The highest BCUT2D eigenvalue weighted by molar-refractivity contribution is 6.33. The summed E-state index contributed by atoms with van der Waals surface area (Å²) in [5.74, 6) is 5.42. The van der Waals surface area contributed by atoms with Crippen LogP contribution in [-0.2, 0) is 4.74 Å². The Hall–Kier alpha value is -2.17. The van der Waals surface area contributed by atoms with Crippen molar-refractivity contribution in [1.29, 1.82) is 0 Å². The van der Waals surface area contributed by atoms with Gasteiger partial charge in [-0.1, -0.05) is 23.4 Å². The maximum atomic E-state index is 11.9. The second-order valence-corrected chi connectivity index (χ2v) is 6.14. The molecule has 1 aromatic rings. The van der Waals surface area contributed by atoms with Crippen molar-refractivity contribution in [2.24, 2.45) is 0 Å². The molecule has 1 aliphatic heterocycles. The van der Waals surface area contributed by atoms with Crippen LogP contribution in [0.4, 0.5) is 4.79 Å². The number of aromatic amines is 1. The molecule has 0 atom stereocenters. The molecule has 8 heteroatoms. The number of amides is 1. The van der Waals surface area contributed by atoms with Crippen molar-refractivity contribution in [2.75, 3.05) is 26.2 Å². The summed E-state index contributed by atoms with van der Waals surface area (Å²) in [5, 5.41) is 12.6. The molecule has 0 aliphatic carbocycles. The number of ether oxygens (including phenoxy) is 1. The van der Waals surface area contributed by atoms with Gasteiger partial charge in [-0.2, -0.15) is 0 Å². The molecule has 1 amide bonds. The lowest BCUT2D eigenvalue weighted by atomic mass is 10.1. The van der Waals surface area contributed by atoms with Crippen LogP contribution in [0.2, 0.25) is 5.02 Å². The fourth-order valence-corrected chi connectivity index (χ4v) is 2.87. The van der Waals surface area contributed by atoms with Gasteiger partial charge in [0.25, 0.3) is 0 Å². The van der Waals surface area contributed by atoms with E-state index < -0.39 is 12.1 Å². The number of rotatable bonds is 4. The highest BCUT2D eigenvalue weighted by Crippen LogP contribution is 2.23. The van der Waals surface area contributed by atoms with Crippen molar-refractivity contribution in [3.8, 4) is 11.8 Å². The number of aryl methyl sites for hydroxylation is 1. The zero-order valence-corrected chi connectivity index (χ0v) is 15.1. The number of carboxylic acid groups (broad SMARTS) is 1. The van der Waals surface area contributed by atoms with Crippen LogP contribution in [0.25, 0.3) is 0 Å². The molecule has 2 rings (SSSR count). The minimum absolute atomic E-state index is 0.234. The summed E-state index contributed by atoms with van der Waals surface area (Å²) < 4.78 is 5.00. The lowest BCUT2D eigenvalue weighted by molar-refractivity contribution is 0.0519. The van der Waals surface area contributed by atoms with Crippen molar-refractivity contribution in [2.45, 2.75) is 32.7 Å². The number of nitrogens with zero attached hydrogens (tertiary/aromatic N) is 1. The minimum Gasteiger partial charge on any atom is -0.465 e. The third-order valence-corrected chi connectivity index (χ3v) is 4.52. The number of H-pyrrole nitrogens is 1. The third kappa shape index (κ3) is 4.91. The Balaban J connectivity index is 1.94. The first-order chi connectivity index (χ1) is 11.9. The molecule has 0 spiro atoms. The summed E-state index contributed by atoms with van der Waals surface area (Å²) in [7, 11) is 0. The molecule has 25 heavy (non-hydrogen) atoms. The first-order valence-electron chi connectivity index (χ1n) is 8.19. The Morgan fingerprint density at radius 3 is 2.72 bits per heavy atom. The first kappa shape index (κ1) is 19.2. The van der Waals surface area contributed by atoms with Gasteiger partial charge in [0.05, 0.1) is 23.7 Å². The van der Waals surface area contributed by atoms with Crippen molar-refractivity contribution in [3.63, 3.8) is 0 Å². The number of carbonyl (C=O) groups is 2. The van der Waals surface area contributed by atoms with Gasteiger partial charge in [-0.3, -0.25) is 0 Å². The third-order valence-electron chi connectivity index (χ3n) is 4.05. The Labute approximate surface area is 151 Å². The van der Waals surface area contributed by atoms with E-state index in [9.17, 15) is 9.59 Å². The number of piperidine rings is 1. The maximum Gasteiger partial charge on any atom is 0.407 e. The lowest BCUT2D eigenvalue weighted by Crippen LogP contribution is -2.44. The van der Waals surface area contributed by atoms with E-state index in [-0.39, 0.29) is 18.3 Å². The molecular formula is C17H22ClN3O4. The summed E-state index contributed by atoms with van der Waals surface area (Å²) in [6.45, 7) is 5.26. The number of likely N-dealkylation sites (tertiary alicyclic amines) is 1. The Morgan fingerprint density at radius 1 is 1.44 bits per heavy atom. The zero-order chi connectivity index (χ0) is 18.4. The maximum absolute atomic E-state index is 11.9. The van der Waals surface area contributed by atoms with E-state index in [0.717, 1.165) is 12.8 Å². The van der Waals surface area contributed by atoms with Crippen molar-refractivity contribution < 1.29 is 19.4 Å². The van der Waals surface area contributed by atoms with Crippen LogP contribution < -0.4 is 5.32 Å². The summed E-state index contributed by atoms with van der Waals surface area (Å²) in [6.07, 6.45) is 0.639. The van der Waals surface area contributed by atoms with Crippen molar-refractivity contribution in [1.82, 2.24) is 15.2 Å². The van der Waals surface area contributed by atoms with E-state index in [2.05, 4.69) is 22.1 Å². The number of hydrogen-bond donors (Lipinski definition) is 3. The molecule has 3 N–H and O–H groups in total. The monoisotopic (exact) mass is 367 g/mol. The van der Waals surface area contributed by atoms with Crippen LogP contribution in [-0.4, -0.2) is 59.3 Å². The quantitative estimate of drug-likeness (QED) is 0.560. The summed E-state index contributed by atoms with van der Waals surface area (Å²) in [4.78, 5) is 27.2. The summed E-state index contributed by atoms with van der Waals surface area (Å²) in [6, 6.07) is 0.234. The first-order valence-corrected chi connectivity index (χ1v) is 8.57. The highest BCUT2D eigenvalue weighted by Gasteiger charge is 2.21. The molecular weight excluding hydrogens is 346 g/mol. The summed E-state index contributed by atoms with van der Waals surface area (Å²) in [5.41, 5.74) is 1.38. The number of halogens is 1. The molecule has 1 fully saturated rings. The van der Waals surface area contributed by atoms with Gasteiger partial charge in [-0.25, -0.2) is 9.59 Å². The molecule has 136 valence electrons. The zero-order valence-electron chi connectivity index (χ0n) is 14.3. The smallest absolute Gasteiger partial charge is 0.407 e. The molecule has 1 aromatic heterocycles. The van der Waals surface area contributed by atoms with Crippen molar-refractivity contribution in [3.05, 3.63) is 22.0 Å². The van der Waals surface area contributed by atoms with E-state index in [1.165, 1.54) is 4.90 Å². The van der Waals surface area contributed by atoms with Crippen LogP contribution in [0.1, 0.15) is 41.5 Å². The van der Waals surface area contributed by atoms with Gasteiger partial charge in [-0.05, 0) is 26.7 Å². The molecule has 0 unspecified atom stereocenters. The summed E-state index contributed by atoms with van der Waals surface area (Å²) >= 11 is 6.21. The molecule has 0 bridgehead atoms. The standard InChI is InChI=1S/C17H22ClN3O4/c1-3-25-16(22)15-13(14(18)11(2)20-15)5-4-8-19-12-6-9-21(10-7-12)17(23)24/h12,19-20H,3,6-10H2,1-2H3,(H,23,24). The number of hydrogen-bond acceptors (Lipinski definition) is 4. The molecule has 7 nitrogen and oxygen atoms in total. The average Bonchev–Trinajstić information content (AvgIpc) is 2.87. The van der Waals surface area contributed by atoms with E-state index in [4.69, 9.17) is 21.4 Å². The predicted molar refractivity (Wildman–Crippen MR) is 94.0 cm³/mol. The fourth-order valence-electron chi connectivity index (χ4n) is 2.68. The Morgan fingerprint density at radius 2 is 2.12 bits per heavy atom. The molecule has 2 heterocycles. The van der Waals surface area contributed by atoms with Crippen LogP contribution in [0.5, 0.6) is 0 Å². The number of aromatic nitrogens is 1. The van der Waals surface area contributed by atoms with Gasteiger partial charge in [0.2, 0.25) is 0 Å². The van der Waals surface area contributed by atoms with Crippen LogP contribution in [0, 0.1) is 18.8 Å². The number of nitrogens with one attached hydrogen (secondary N) is 2. The average molecular weight is 368 g/mol. The van der Waals surface area contributed by atoms with Crippen molar-refractivity contribution >= 4 is 23.7 Å². The number of carbonyl (C=O) groups excluding carboxylic acids is 1. The van der Waals surface area contributed by atoms with Crippen LogP contribution >= 0.6 is 11.6 Å². The lowest BCUT2D eigenvalue weighted by Gasteiger charge is -2.30. The van der Waals surface area contributed by atoms with E-state index in [0.29, 0.717) is 35.9 Å². The van der Waals surface area contributed by atoms with E-state index >= 15 is 0 Å². The van der Waals surface area contributed by atoms with Gasteiger partial charge in [0.15, 0.2) is 0 Å². The van der Waals surface area contributed by atoms with Gasteiger partial charge < -0.3 is 25.0 Å². The normalized spacial score (nSPS) is 14.8. The largest absolute Gasteiger partial charge is 0.465 e. The Bertz CT molecular complexity index is 697. The second-order valence-electron chi connectivity index (χ2n) is 5.76. The van der Waals surface area contributed by atoms with Gasteiger partial charge in [-0.15, -0.1) is 0 Å². The number of esters is 1. The Kier molecular flexibility index (Phi) is 6.73. The van der Waals surface area contributed by atoms with Gasteiger partial charge >= 0.3 is 12.1 Å². The van der Waals surface area contributed by atoms with E-state index in [1.54, 1.807) is 13.8 Å². The van der Waals surface area contributed by atoms with Gasteiger partial charge in [0.1, 0.15) is 5.69 Å². The predicted octanol–water partition coefficient (Wildman–Crippen LogP) is 2.24. The minimum atomic E-state index is -0.873. The second kappa shape index (κ2) is 8.79. The van der Waals surface area contributed by atoms with Crippen LogP contribution in [0.15, 0.2) is 0 Å². The fraction of sp³-hybridized carbons (Fsp3) is 0.529.